The molecule has 1 amide bonds. The first-order valence-corrected chi connectivity index (χ1v) is 7.42. The van der Waals surface area contributed by atoms with Crippen molar-refractivity contribution in [3.05, 3.63) is 29.8 Å². The molecular weight excluding hydrogens is 284 g/mol. The van der Waals surface area contributed by atoms with Crippen LogP contribution in [0.1, 0.15) is 24.8 Å². The predicted molar refractivity (Wildman–Crippen MR) is 85.8 cm³/mol. The number of hydrogen-bond acceptors (Lipinski definition) is 3. The second-order valence-electron chi connectivity index (χ2n) is 4.91. The minimum absolute atomic E-state index is 0.254. The van der Waals surface area contributed by atoms with Gasteiger partial charge < -0.3 is 15.5 Å². The number of rotatable bonds is 5. The summed E-state index contributed by atoms with van der Waals surface area (Å²) in [6.45, 7) is 2.37. The van der Waals surface area contributed by atoms with E-state index in [4.69, 9.17) is 17.5 Å². The highest BCUT2D eigenvalue weighted by Gasteiger charge is 2.18. The third-order valence-corrected chi connectivity index (χ3v) is 3.56. The van der Waals surface area contributed by atoms with Crippen LogP contribution in [-0.2, 0) is 4.79 Å². The lowest BCUT2D eigenvalue weighted by Crippen LogP contribution is -2.32. The molecule has 6 heteroatoms. The summed E-state index contributed by atoms with van der Waals surface area (Å²) in [5.41, 5.74) is 1.39. The molecule has 110 valence electrons. The van der Waals surface area contributed by atoms with Gasteiger partial charge in [0.2, 0.25) is 5.91 Å². The number of nitriles is 1. The molecule has 0 atom stereocenters. The van der Waals surface area contributed by atoms with Crippen molar-refractivity contribution >= 4 is 28.9 Å². The fraction of sp³-hybridized carbons (Fsp3) is 0.400. The van der Waals surface area contributed by atoms with Crippen LogP contribution >= 0.6 is 12.2 Å². The van der Waals surface area contributed by atoms with E-state index in [2.05, 4.69) is 16.7 Å². The lowest BCUT2D eigenvalue weighted by molar-refractivity contribution is -0.127. The monoisotopic (exact) mass is 302 g/mol. The highest BCUT2D eigenvalue weighted by Crippen LogP contribution is 2.10. The highest BCUT2D eigenvalue weighted by molar-refractivity contribution is 7.80. The van der Waals surface area contributed by atoms with Crippen LogP contribution in [0.5, 0.6) is 0 Å². The third-order valence-electron chi connectivity index (χ3n) is 3.31. The van der Waals surface area contributed by atoms with E-state index in [9.17, 15) is 4.79 Å². The van der Waals surface area contributed by atoms with E-state index in [0.717, 1.165) is 31.6 Å². The summed E-state index contributed by atoms with van der Waals surface area (Å²) < 4.78 is 0. The Kier molecular flexibility index (Phi) is 5.52. The zero-order chi connectivity index (χ0) is 15.1. The molecule has 0 radical (unpaired) electrons. The van der Waals surface area contributed by atoms with Gasteiger partial charge in [0.15, 0.2) is 5.11 Å². The molecule has 0 bridgehead atoms. The topological polar surface area (TPSA) is 68.2 Å². The van der Waals surface area contributed by atoms with Gasteiger partial charge in [-0.15, -0.1) is 0 Å². The van der Waals surface area contributed by atoms with Crippen molar-refractivity contribution in [1.82, 2.24) is 10.2 Å². The average molecular weight is 302 g/mol. The smallest absolute Gasteiger partial charge is 0.222 e. The Balaban J connectivity index is 1.67. The summed E-state index contributed by atoms with van der Waals surface area (Å²) in [7, 11) is 0. The number of nitrogens with one attached hydrogen (secondary N) is 2. The molecule has 1 aromatic rings. The Morgan fingerprint density at radius 2 is 2.33 bits per heavy atom. The molecule has 0 unspecified atom stereocenters. The van der Waals surface area contributed by atoms with Gasteiger partial charge in [-0.25, -0.2) is 0 Å². The molecule has 1 aromatic carbocycles. The molecule has 0 aliphatic carbocycles. The van der Waals surface area contributed by atoms with Gasteiger partial charge in [0.05, 0.1) is 11.6 Å². The van der Waals surface area contributed by atoms with Gasteiger partial charge in [-0.2, -0.15) is 5.26 Å². The van der Waals surface area contributed by atoms with Crippen molar-refractivity contribution in [2.24, 2.45) is 0 Å². The standard InChI is InChI=1S/C15H18N4OS/c16-11-12-4-1-5-13(10-12)18-15(21)17-7-3-9-19-8-2-6-14(19)20/h1,4-5,10H,2-3,6-9H2,(H2,17,18,21). The van der Waals surface area contributed by atoms with Gasteiger partial charge in [-0.05, 0) is 43.3 Å². The minimum atomic E-state index is 0.254. The van der Waals surface area contributed by atoms with Crippen LogP contribution in [0.15, 0.2) is 24.3 Å². The Labute approximate surface area is 129 Å². The predicted octanol–water partition coefficient (Wildman–Crippen LogP) is 1.86. The van der Waals surface area contributed by atoms with Crippen LogP contribution < -0.4 is 10.6 Å². The van der Waals surface area contributed by atoms with Gasteiger partial charge >= 0.3 is 0 Å². The Bertz CT molecular complexity index is 567. The fourth-order valence-electron chi connectivity index (χ4n) is 2.25. The van der Waals surface area contributed by atoms with Gasteiger partial charge in [0.25, 0.3) is 0 Å². The molecule has 1 fully saturated rings. The van der Waals surface area contributed by atoms with Crippen LogP contribution in [0.25, 0.3) is 0 Å². The zero-order valence-corrected chi connectivity index (χ0v) is 12.6. The molecule has 1 heterocycles. The summed E-state index contributed by atoms with van der Waals surface area (Å²) in [4.78, 5) is 13.3. The van der Waals surface area contributed by atoms with Crippen LogP contribution in [0.2, 0.25) is 0 Å². The maximum atomic E-state index is 11.4. The van der Waals surface area contributed by atoms with E-state index in [1.54, 1.807) is 12.1 Å². The number of thiocarbonyl (C=S) groups is 1. The van der Waals surface area contributed by atoms with Crippen LogP contribution in [0.4, 0.5) is 5.69 Å². The van der Waals surface area contributed by atoms with E-state index in [0.29, 0.717) is 23.6 Å². The van der Waals surface area contributed by atoms with Crippen molar-refractivity contribution in [3.8, 4) is 6.07 Å². The zero-order valence-electron chi connectivity index (χ0n) is 11.8. The summed E-state index contributed by atoms with van der Waals surface area (Å²) in [6, 6.07) is 9.25. The second kappa shape index (κ2) is 7.60. The van der Waals surface area contributed by atoms with E-state index in [-0.39, 0.29) is 5.91 Å². The summed E-state index contributed by atoms with van der Waals surface area (Å²) in [5.74, 6) is 0.254. The number of amides is 1. The van der Waals surface area contributed by atoms with Gasteiger partial charge in [0, 0.05) is 31.7 Å². The number of anilines is 1. The number of hydrogen-bond donors (Lipinski definition) is 2. The van der Waals surface area contributed by atoms with Crippen molar-refractivity contribution in [2.45, 2.75) is 19.3 Å². The highest BCUT2D eigenvalue weighted by atomic mass is 32.1. The molecule has 0 saturated carbocycles. The molecule has 5 nitrogen and oxygen atoms in total. The molecule has 0 aromatic heterocycles. The summed E-state index contributed by atoms with van der Waals surface area (Å²) >= 11 is 5.20. The number of benzene rings is 1. The lowest BCUT2D eigenvalue weighted by atomic mass is 10.2. The normalized spacial score (nSPS) is 13.9. The number of nitrogens with zero attached hydrogens (tertiary/aromatic N) is 2. The van der Waals surface area contributed by atoms with Gasteiger partial charge in [-0.3, -0.25) is 4.79 Å². The van der Waals surface area contributed by atoms with Crippen LogP contribution in [0.3, 0.4) is 0 Å². The lowest BCUT2D eigenvalue weighted by Gasteiger charge is -2.16. The molecule has 1 aliphatic heterocycles. The van der Waals surface area contributed by atoms with Gasteiger partial charge in [-0.1, -0.05) is 6.07 Å². The fourth-order valence-corrected chi connectivity index (χ4v) is 2.47. The van der Waals surface area contributed by atoms with Crippen molar-refractivity contribution in [2.75, 3.05) is 25.0 Å². The average Bonchev–Trinajstić information content (AvgIpc) is 2.89. The first kappa shape index (κ1) is 15.3. The molecule has 2 rings (SSSR count). The van der Waals surface area contributed by atoms with Crippen LogP contribution in [0, 0.1) is 11.3 Å². The van der Waals surface area contributed by atoms with E-state index < -0.39 is 0 Å². The van der Waals surface area contributed by atoms with Crippen molar-refractivity contribution in [3.63, 3.8) is 0 Å². The Morgan fingerprint density at radius 1 is 1.48 bits per heavy atom. The number of likely N-dealkylation sites (tertiary alicyclic amines) is 1. The largest absolute Gasteiger partial charge is 0.362 e. The third kappa shape index (κ3) is 4.72. The maximum Gasteiger partial charge on any atom is 0.222 e. The first-order chi connectivity index (χ1) is 10.2. The number of carbonyl (C=O) groups is 1. The second-order valence-corrected chi connectivity index (χ2v) is 5.32. The van der Waals surface area contributed by atoms with Crippen molar-refractivity contribution in [1.29, 1.82) is 5.26 Å². The summed E-state index contributed by atoms with van der Waals surface area (Å²) in [6.07, 6.45) is 2.52. The SMILES string of the molecule is N#Cc1cccc(NC(=S)NCCCN2CCCC2=O)c1. The molecule has 0 spiro atoms. The first-order valence-electron chi connectivity index (χ1n) is 7.02. The van der Waals surface area contributed by atoms with Crippen LogP contribution in [-0.4, -0.2) is 35.6 Å². The summed E-state index contributed by atoms with van der Waals surface area (Å²) in [5, 5.41) is 15.5. The molecule has 1 saturated heterocycles. The van der Waals surface area contributed by atoms with E-state index >= 15 is 0 Å². The Morgan fingerprint density at radius 3 is 3.05 bits per heavy atom. The quantitative estimate of drug-likeness (QED) is 0.642. The molecule has 2 N–H and O–H groups in total. The number of carbonyl (C=O) groups excluding carboxylic acids is 1. The molecule has 1 aliphatic rings. The van der Waals surface area contributed by atoms with E-state index in [1.165, 1.54) is 0 Å². The maximum absolute atomic E-state index is 11.4. The molecular formula is C15H18N4OS. The van der Waals surface area contributed by atoms with Gasteiger partial charge in [0.1, 0.15) is 0 Å². The van der Waals surface area contributed by atoms with E-state index in [1.807, 2.05) is 17.0 Å². The van der Waals surface area contributed by atoms with Crippen molar-refractivity contribution < 1.29 is 4.79 Å². The molecule has 21 heavy (non-hydrogen) atoms. The Hall–Kier alpha value is -2.13. The minimum Gasteiger partial charge on any atom is -0.362 e.